The summed E-state index contributed by atoms with van der Waals surface area (Å²) in [7, 11) is 1.78. The summed E-state index contributed by atoms with van der Waals surface area (Å²) < 4.78 is 3.22. The molecule has 1 aliphatic rings. The Balaban J connectivity index is 1.55. The molecule has 0 amide bonds. The van der Waals surface area contributed by atoms with Gasteiger partial charge in [0.15, 0.2) is 0 Å². The first kappa shape index (κ1) is 16.6. The third-order valence-corrected chi connectivity index (χ3v) is 4.69. The van der Waals surface area contributed by atoms with Gasteiger partial charge < -0.3 is 4.57 Å². The van der Waals surface area contributed by atoms with E-state index < -0.39 is 0 Å². The second kappa shape index (κ2) is 7.13. The summed E-state index contributed by atoms with van der Waals surface area (Å²) in [6.07, 6.45) is 4.03. The standard InChI is InChI=1S/C18H24N4O2/c1-14-3-5-18(24)22(19-14)13-15-7-9-21(10-8-15)12-16-4-6-17(23)20(2)11-16/h3-6,11,15H,7-10,12-13H2,1-2H3. The van der Waals surface area contributed by atoms with Crippen LogP contribution in [-0.4, -0.2) is 32.3 Å². The quantitative estimate of drug-likeness (QED) is 0.845. The largest absolute Gasteiger partial charge is 0.318 e. The summed E-state index contributed by atoms with van der Waals surface area (Å²) in [6.45, 7) is 5.49. The normalized spacial score (nSPS) is 16.4. The molecule has 0 radical (unpaired) electrons. The Morgan fingerprint density at radius 3 is 2.50 bits per heavy atom. The first-order valence-corrected chi connectivity index (χ1v) is 8.44. The zero-order chi connectivity index (χ0) is 17.1. The van der Waals surface area contributed by atoms with Crippen molar-refractivity contribution in [1.29, 1.82) is 0 Å². The van der Waals surface area contributed by atoms with E-state index in [1.165, 1.54) is 0 Å². The van der Waals surface area contributed by atoms with Crippen LogP contribution in [0.4, 0.5) is 0 Å². The highest BCUT2D eigenvalue weighted by Gasteiger charge is 2.20. The monoisotopic (exact) mass is 328 g/mol. The number of hydrogen-bond acceptors (Lipinski definition) is 4. The van der Waals surface area contributed by atoms with Gasteiger partial charge in [-0.15, -0.1) is 0 Å². The van der Waals surface area contributed by atoms with Crippen molar-refractivity contribution in [2.24, 2.45) is 13.0 Å². The van der Waals surface area contributed by atoms with E-state index in [1.54, 1.807) is 34.5 Å². The molecule has 0 N–H and O–H groups in total. The minimum Gasteiger partial charge on any atom is -0.318 e. The Labute approximate surface area is 141 Å². The lowest BCUT2D eigenvalue weighted by Crippen LogP contribution is -2.36. The molecule has 2 aromatic heterocycles. The van der Waals surface area contributed by atoms with Crippen molar-refractivity contribution in [3.63, 3.8) is 0 Å². The molecule has 0 bridgehead atoms. The molecule has 3 rings (SSSR count). The second-order valence-electron chi connectivity index (χ2n) is 6.70. The number of likely N-dealkylation sites (tertiary alicyclic amines) is 1. The van der Waals surface area contributed by atoms with Crippen molar-refractivity contribution in [2.75, 3.05) is 13.1 Å². The van der Waals surface area contributed by atoms with Crippen molar-refractivity contribution in [1.82, 2.24) is 19.2 Å². The van der Waals surface area contributed by atoms with Crippen molar-refractivity contribution >= 4 is 0 Å². The summed E-state index contributed by atoms with van der Waals surface area (Å²) >= 11 is 0. The molecule has 6 heteroatoms. The van der Waals surface area contributed by atoms with Crippen LogP contribution >= 0.6 is 0 Å². The molecule has 0 aliphatic carbocycles. The van der Waals surface area contributed by atoms with Gasteiger partial charge in [0.1, 0.15) is 0 Å². The average Bonchev–Trinajstić information content (AvgIpc) is 2.56. The maximum atomic E-state index is 11.9. The van der Waals surface area contributed by atoms with E-state index in [1.807, 2.05) is 19.2 Å². The zero-order valence-electron chi connectivity index (χ0n) is 14.3. The van der Waals surface area contributed by atoms with Crippen LogP contribution in [-0.2, 0) is 20.1 Å². The predicted molar refractivity (Wildman–Crippen MR) is 92.9 cm³/mol. The smallest absolute Gasteiger partial charge is 0.266 e. The maximum Gasteiger partial charge on any atom is 0.266 e. The van der Waals surface area contributed by atoms with E-state index in [2.05, 4.69) is 10.00 Å². The van der Waals surface area contributed by atoms with Gasteiger partial charge in [-0.05, 0) is 50.4 Å². The van der Waals surface area contributed by atoms with Crippen LogP contribution in [0.15, 0.2) is 40.1 Å². The fourth-order valence-electron chi connectivity index (χ4n) is 3.26. The van der Waals surface area contributed by atoms with Crippen LogP contribution in [0.5, 0.6) is 0 Å². The van der Waals surface area contributed by atoms with Gasteiger partial charge in [-0.3, -0.25) is 14.5 Å². The van der Waals surface area contributed by atoms with E-state index in [4.69, 9.17) is 0 Å². The number of hydrogen-bond donors (Lipinski definition) is 0. The topological polar surface area (TPSA) is 60.1 Å². The second-order valence-corrected chi connectivity index (χ2v) is 6.70. The first-order valence-electron chi connectivity index (χ1n) is 8.44. The Hall–Kier alpha value is -2.21. The van der Waals surface area contributed by atoms with Gasteiger partial charge in [0.05, 0.1) is 5.69 Å². The molecule has 2 aromatic rings. The lowest BCUT2D eigenvalue weighted by Gasteiger charge is -2.32. The number of nitrogens with zero attached hydrogens (tertiary/aromatic N) is 4. The van der Waals surface area contributed by atoms with Gasteiger partial charge in [-0.1, -0.05) is 6.07 Å². The molecule has 1 aliphatic heterocycles. The summed E-state index contributed by atoms with van der Waals surface area (Å²) in [5, 5.41) is 4.33. The van der Waals surface area contributed by atoms with Crippen molar-refractivity contribution < 1.29 is 0 Å². The molecule has 24 heavy (non-hydrogen) atoms. The molecular weight excluding hydrogens is 304 g/mol. The van der Waals surface area contributed by atoms with Gasteiger partial charge in [0.2, 0.25) is 5.56 Å². The first-order chi connectivity index (χ1) is 11.5. The molecular formula is C18H24N4O2. The van der Waals surface area contributed by atoms with Crippen molar-refractivity contribution in [2.45, 2.75) is 32.9 Å². The van der Waals surface area contributed by atoms with Crippen LogP contribution in [0.2, 0.25) is 0 Å². The molecule has 0 saturated carbocycles. The summed E-state index contributed by atoms with van der Waals surface area (Å²) in [5.74, 6) is 0.494. The third kappa shape index (κ3) is 4.00. The average molecular weight is 328 g/mol. The van der Waals surface area contributed by atoms with Gasteiger partial charge in [-0.25, -0.2) is 4.68 Å². The summed E-state index contributed by atoms with van der Waals surface area (Å²) in [6, 6.07) is 6.88. The highest BCUT2D eigenvalue weighted by molar-refractivity contribution is 5.09. The Morgan fingerprint density at radius 2 is 1.79 bits per heavy atom. The molecule has 0 aromatic carbocycles. The summed E-state index contributed by atoms with van der Waals surface area (Å²) in [5.41, 5.74) is 2.04. The van der Waals surface area contributed by atoms with E-state index in [9.17, 15) is 9.59 Å². The van der Waals surface area contributed by atoms with E-state index >= 15 is 0 Å². The molecule has 0 unspecified atom stereocenters. The molecule has 3 heterocycles. The molecule has 128 valence electrons. The molecule has 1 fully saturated rings. The van der Waals surface area contributed by atoms with E-state index in [0.717, 1.165) is 43.7 Å². The number of rotatable bonds is 4. The Bertz CT molecular complexity index is 816. The Kier molecular flexibility index (Phi) is 4.94. The van der Waals surface area contributed by atoms with Gasteiger partial charge in [-0.2, -0.15) is 5.10 Å². The van der Waals surface area contributed by atoms with Crippen LogP contribution < -0.4 is 11.1 Å². The van der Waals surface area contributed by atoms with Crippen molar-refractivity contribution in [3.05, 3.63) is 62.4 Å². The minimum absolute atomic E-state index is 0.0202. The highest BCUT2D eigenvalue weighted by atomic mass is 16.1. The number of aryl methyl sites for hydroxylation is 2. The van der Waals surface area contributed by atoms with E-state index in [-0.39, 0.29) is 11.1 Å². The zero-order valence-corrected chi connectivity index (χ0v) is 14.3. The van der Waals surface area contributed by atoms with Gasteiger partial charge >= 0.3 is 0 Å². The lowest BCUT2D eigenvalue weighted by atomic mass is 9.96. The maximum absolute atomic E-state index is 11.9. The van der Waals surface area contributed by atoms with E-state index in [0.29, 0.717) is 12.5 Å². The van der Waals surface area contributed by atoms with Crippen LogP contribution in [0, 0.1) is 12.8 Å². The number of piperidine rings is 1. The summed E-state index contributed by atoms with van der Waals surface area (Å²) in [4.78, 5) is 25.7. The van der Waals surface area contributed by atoms with Crippen LogP contribution in [0.3, 0.4) is 0 Å². The minimum atomic E-state index is -0.0202. The highest BCUT2D eigenvalue weighted by Crippen LogP contribution is 2.19. The van der Waals surface area contributed by atoms with Gasteiger partial charge in [0.25, 0.3) is 5.56 Å². The SMILES string of the molecule is Cc1ccc(=O)n(CC2CCN(Cc3ccc(=O)n(C)c3)CC2)n1. The number of pyridine rings is 1. The fourth-order valence-corrected chi connectivity index (χ4v) is 3.26. The fraction of sp³-hybridized carbons (Fsp3) is 0.500. The van der Waals surface area contributed by atoms with Crippen molar-refractivity contribution in [3.8, 4) is 0 Å². The predicted octanol–water partition coefficient (Wildman–Crippen LogP) is 1.16. The molecule has 1 saturated heterocycles. The van der Waals surface area contributed by atoms with Crippen LogP contribution in [0.25, 0.3) is 0 Å². The third-order valence-electron chi connectivity index (χ3n) is 4.69. The molecule has 0 spiro atoms. The van der Waals surface area contributed by atoms with Crippen LogP contribution in [0.1, 0.15) is 24.1 Å². The van der Waals surface area contributed by atoms with Gasteiger partial charge in [0, 0.05) is 38.5 Å². The molecule has 6 nitrogen and oxygen atoms in total. The number of aromatic nitrogens is 3. The Morgan fingerprint density at radius 1 is 1.08 bits per heavy atom. The molecule has 0 atom stereocenters. The lowest BCUT2D eigenvalue weighted by molar-refractivity contribution is 0.163.